The quantitative estimate of drug-likeness (QED) is 0.806. The van der Waals surface area contributed by atoms with Gasteiger partial charge in [-0.2, -0.15) is 0 Å². The van der Waals surface area contributed by atoms with E-state index in [4.69, 9.17) is 0 Å². The van der Waals surface area contributed by atoms with Gasteiger partial charge in [0.15, 0.2) is 0 Å². The van der Waals surface area contributed by atoms with Gasteiger partial charge >= 0.3 is 0 Å². The normalized spacial score (nSPS) is 37.5. The van der Waals surface area contributed by atoms with Crippen LogP contribution in [0.4, 0.5) is 0 Å². The highest BCUT2D eigenvalue weighted by Crippen LogP contribution is 2.24. The SMILES string of the molecule is CC(C)CC1NCC(C)S(=O)C1C(C)C. The minimum absolute atomic E-state index is 0.306. The number of rotatable bonds is 3. The summed E-state index contributed by atoms with van der Waals surface area (Å²) in [5.41, 5.74) is 0. The molecular formula is C12H25NOS. The molecule has 15 heavy (non-hydrogen) atoms. The minimum Gasteiger partial charge on any atom is -0.312 e. The Labute approximate surface area is 96.7 Å². The minimum atomic E-state index is -0.662. The van der Waals surface area contributed by atoms with Gasteiger partial charge in [-0.15, -0.1) is 0 Å². The molecule has 0 aromatic rings. The molecule has 1 aliphatic heterocycles. The van der Waals surface area contributed by atoms with E-state index in [2.05, 4.69) is 39.9 Å². The number of nitrogens with one attached hydrogen (secondary N) is 1. The molecule has 4 atom stereocenters. The van der Waals surface area contributed by atoms with Crippen LogP contribution >= 0.6 is 0 Å². The van der Waals surface area contributed by atoms with Crippen LogP contribution in [0, 0.1) is 11.8 Å². The van der Waals surface area contributed by atoms with Crippen LogP contribution in [0.2, 0.25) is 0 Å². The van der Waals surface area contributed by atoms with Crippen molar-refractivity contribution in [2.45, 2.75) is 57.6 Å². The zero-order valence-electron chi connectivity index (χ0n) is 10.6. The van der Waals surface area contributed by atoms with Crippen molar-refractivity contribution in [3.05, 3.63) is 0 Å². The van der Waals surface area contributed by atoms with Crippen LogP contribution in [0.5, 0.6) is 0 Å². The third-order valence-electron chi connectivity index (χ3n) is 3.11. The molecule has 1 rings (SSSR count). The molecule has 0 bridgehead atoms. The lowest BCUT2D eigenvalue weighted by atomic mass is 9.94. The van der Waals surface area contributed by atoms with Crippen molar-refractivity contribution in [1.29, 1.82) is 0 Å². The third kappa shape index (κ3) is 3.28. The summed E-state index contributed by atoms with van der Waals surface area (Å²) >= 11 is 0. The van der Waals surface area contributed by atoms with Gasteiger partial charge in [-0.25, -0.2) is 0 Å². The van der Waals surface area contributed by atoms with Crippen molar-refractivity contribution in [2.75, 3.05) is 6.54 Å². The molecule has 4 unspecified atom stereocenters. The average Bonchev–Trinajstić information content (AvgIpc) is 2.10. The molecule has 1 heterocycles. The zero-order valence-corrected chi connectivity index (χ0v) is 11.4. The first-order valence-electron chi connectivity index (χ1n) is 6.06. The standard InChI is InChI=1S/C12H25NOS/c1-8(2)6-11-12(9(3)4)15(14)10(5)7-13-11/h8-13H,6-7H2,1-5H3. The second-order valence-corrected chi connectivity index (χ2v) is 7.50. The highest BCUT2D eigenvalue weighted by Gasteiger charge is 2.36. The summed E-state index contributed by atoms with van der Waals surface area (Å²) in [6.07, 6.45) is 1.14. The smallest absolute Gasteiger partial charge is 0.0527 e. The van der Waals surface area contributed by atoms with E-state index >= 15 is 0 Å². The second kappa shape index (κ2) is 5.44. The summed E-state index contributed by atoms with van der Waals surface area (Å²) in [5.74, 6) is 1.18. The van der Waals surface area contributed by atoms with E-state index in [1.54, 1.807) is 0 Å². The Morgan fingerprint density at radius 3 is 2.40 bits per heavy atom. The van der Waals surface area contributed by atoms with Crippen LogP contribution in [-0.2, 0) is 10.8 Å². The van der Waals surface area contributed by atoms with Gasteiger partial charge in [0.1, 0.15) is 0 Å². The predicted molar refractivity (Wildman–Crippen MR) is 67.5 cm³/mol. The van der Waals surface area contributed by atoms with Gasteiger partial charge in [-0.3, -0.25) is 4.21 Å². The summed E-state index contributed by atoms with van der Waals surface area (Å²) in [6.45, 7) is 11.8. The Morgan fingerprint density at radius 2 is 1.93 bits per heavy atom. The van der Waals surface area contributed by atoms with Crippen molar-refractivity contribution in [2.24, 2.45) is 11.8 Å². The molecule has 3 heteroatoms. The second-order valence-electron chi connectivity index (χ2n) is 5.49. The maximum absolute atomic E-state index is 12.2. The molecule has 90 valence electrons. The van der Waals surface area contributed by atoms with Gasteiger partial charge in [-0.1, -0.05) is 27.7 Å². The van der Waals surface area contributed by atoms with Crippen molar-refractivity contribution >= 4 is 10.8 Å². The molecule has 0 aliphatic carbocycles. The molecule has 0 radical (unpaired) electrons. The summed E-state index contributed by atoms with van der Waals surface area (Å²) < 4.78 is 12.2. The number of hydrogen-bond donors (Lipinski definition) is 1. The average molecular weight is 231 g/mol. The Bertz CT molecular complexity index is 228. The zero-order chi connectivity index (χ0) is 11.6. The lowest BCUT2D eigenvalue weighted by Gasteiger charge is -2.38. The lowest BCUT2D eigenvalue weighted by Crippen LogP contribution is -2.55. The Morgan fingerprint density at radius 1 is 1.33 bits per heavy atom. The number of hydrogen-bond acceptors (Lipinski definition) is 2. The molecular weight excluding hydrogens is 206 g/mol. The molecule has 0 amide bonds. The summed E-state index contributed by atoms with van der Waals surface area (Å²) in [5, 5.41) is 4.21. The van der Waals surface area contributed by atoms with Crippen molar-refractivity contribution in [3.8, 4) is 0 Å². The monoisotopic (exact) mass is 231 g/mol. The predicted octanol–water partition coefficient (Wildman–Crippen LogP) is 2.17. The maximum atomic E-state index is 12.2. The van der Waals surface area contributed by atoms with Crippen LogP contribution in [0.1, 0.15) is 41.0 Å². The van der Waals surface area contributed by atoms with E-state index < -0.39 is 10.8 Å². The molecule has 1 fully saturated rings. The van der Waals surface area contributed by atoms with Crippen molar-refractivity contribution < 1.29 is 4.21 Å². The van der Waals surface area contributed by atoms with E-state index in [-0.39, 0.29) is 0 Å². The fourth-order valence-electron chi connectivity index (χ4n) is 2.40. The van der Waals surface area contributed by atoms with Crippen LogP contribution < -0.4 is 5.32 Å². The first kappa shape index (κ1) is 13.2. The highest BCUT2D eigenvalue weighted by molar-refractivity contribution is 7.86. The van der Waals surface area contributed by atoms with E-state index in [1.165, 1.54) is 0 Å². The largest absolute Gasteiger partial charge is 0.312 e. The van der Waals surface area contributed by atoms with Gasteiger partial charge in [-0.05, 0) is 25.2 Å². The molecule has 1 N–H and O–H groups in total. The fraction of sp³-hybridized carbons (Fsp3) is 1.00. The highest BCUT2D eigenvalue weighted by atomic mass is 32.2. The Balaban J connectivity index is 2.73. The lowest BCUT2D eigenvalue weighted by molar-refractivity contribution is 0.351. The van der Waals surface area contributed by atoms with Crippen LogP contribution in [0.25, 0.3) is 0 Å². The van der Waals surface area contributed by atoms with Gasteiger partial charge in [0.05, 0.1) is 5.25 Å². The van der Waals surface area contributed by atoms with E-state index in [0.717, 1.165) is 13.0 Å². The Kier molecular flexibility index (Phi) is 4.78. The Hall–Kier alpha value is 0.110. The van der Waals surface area contributed by atoms with Gasteiger partial charge in [0.25, 0.3) is 0 Å². The molecule has 1 aliphatic rings. The molecule has 0 aromatic carbocycles. The summed E-state index contributed by atoms with van der Waals surface area (Å²) in [7, 11) is -0.662. The van der Waals surface area contributed by atoms with Gasteiger partial charge in [0.2, 0.25) is 0 Å². The van der Waals surface area contributed by atoms with Crippen molar-refractivity contribution in [1.82, 2.24) is 5.32 Å². The van der Waals surface area contributed by atoms with Crippen molar-refractivity contribution in [3.63, 3.8) is 0 Å². The van der Waals surface area contributed by atoms with Gasteiger partial charge < -0.3 is 5.32 Å². The summed E-state index contributed by atoms with van der Waals surface area (Å²) in [4.78, 5) is 0. The molecule has 2 nitrogen and oxygen atoms in total. The first-order valence-corrected chi connectivity index (χ1v) is 7.33. The van der Waals surface area contributed by atoms with Crippen LogP contribution in [-0.4, -0.2) is 27.3 Å². The fourth-order valence-corrected chi connectivity index (χ4v) is 4.27. The molecule has 0 saturated carbocycles. The molecule has 0 spiro atoms. The van der Waals surface area contributed by atoms with E-state index in [9.17, 15) is 4.21 Å². The van der Waals surface area contributed by atoms with Gasteiger partial charge in [0, 0.05) is 28.6 Å². The molecule has 0 aromatic heterocycles. The van der Waals surface area contributed by atoms with Crippen LogP contribution in [0.3, 0.4) is 0 Å². The first-order chi connectivity index (χ1) is 6.93. The third-order valence-corrected chi connectivity index (χ3v) is 5.48. The topological polar surface area (TPSA) is 29.1 Å². The maximum Gasteiger partial charge on any atom is 0.0527 e. The van der Waals surface area contributed by atoms with E-state index in [1.807, 2.05) is 0 Å². The van der Waals surface area contributed by atoms with E-state index in [0.29, 0.717) is 28.4 Å². The molecule has 1 saturated heterocycles. The summed E-state index contributed by atoms with van der Waals surface area (Å²) in [6, 6.07) is 0.446. The van der Waals surface area contributed by atoms with Crippen LogP contribution in [0.15, 0.2) is 0 Å².